The molecule has 0 saturated carbocycles. The van der Waals surface area contributed by atoms with Crippen molar-refractivity contribution in [2.45, 2.75) is 6.42 Å². The molecule has 3 rings (SSSR count). The van der Waals surface area contributed by atoms with E-state index in [0.717, 1.165) is 28.1 Å². The maximum atomic E-state index is 11.0. The number of benzene rings is 1. The number of amides is 1. The van der Waals surface area contributed by atoms with Gasteiger partial charge >= 0.3 is 0 Å². The molecule has 0 aliphatic rings. The second-order valence-corrected chi connectivity index (χ2v) is 5.48. The van der Waals surface area contributed by atoms with Crippen LogP contribution in [0.1, 0.15) is 31.3 Å². The first-order valence-corrected chi connectivity index (χ1v) is 6.78. The number of nitrogens with two attached hydrogens (primary N) is 1. The van der Waals surface area contributed by atoms with Crippen LogP contribution in [-0.2, 0) is 6.42 Å². The number of thiazole rings is 1. The fourth-order valence-electron chi connectivity index (χ4n) is 2.01. The van der Waals surface area contributed by atoms with Crippen LogP contribution in [0.25, 0.3) is 4.96 Å². The Hall–Kier alpha value is -2.47. The summed E-state index contributed by atoms with van der Waals surface area (Å²) in [5.74, 6) is -0.429. The first-order chi connectivity index (χ1) is 9.67. The quantitative estimate of drug-likeness (QED) is 0.744. The van der Waals surface area contributed by atoms with E-state index >= 15 is 0 Å². The zero-order valence-corrected chi connectivity index (χ0v) is 11.3. The van der Waals surface area contributed by atoms with Crippen molar-refractivity contribution in [2.75, 3.05) is 0 Å². The molecule has 2 aromatic heterocycles. The minimum absolute atomic E-state index is 0.429. The van der Waals surface area contributed by atoms with E-state index in [1.807, 2.05) is 18.3 Å². The first-order valence-electron chi connectivity index (χ1n) is 5.97. The fraction of sp³-hybridized carbons (Fsp3) is 0.0714. The van der Waals surface area contributed by atoms with E-state index < -0.39 is 5.91 Å². The van der Waals surface area contributed by atoms with Crippen molar-refractivity contribution in [3.63, 3.8) is 0 Å². The minimum Gasteiger partial charge on any atom is -0.366 e. The highest BCUT2D eigenvalue weighted by Crippen LogP contribution is 2.21. The molecule has 2 N–H and O–H groups in total. The van der Waals surface area contributed by atoms with Crippen LogP contribution in [0.2, 0.25) is 0 Å². The van der Waals surface area contributed by atoms with Crippen molar-refractivity contribution in [2.24, 2.45) is 5.73 Å². The van der Waals surface area contributed by atoms with E-state index in [1.165, 1.54) is 0 Å². The van der Waals surface area contributed by atoms with Gasteiger partial charge in [0.15, 0.2) is 11.2 Å². The third-order valence-electron chi connectivity index (χ3n) is 3.02. The average Bonchev–Trinajstić information content (AvgIpc) is 2.98. The van der Waals surface area contributed by atoms with E-state index in [9.17, 15) is 9.59 Å². The van der Waals surface area contributed by atoms with Gasteiger partial charge in [0.2, 0.25) is 5.91 Å². The number of fused-ring (bicyclic) bond motifs is 1. The Balaban J connectivity index is 1.86. The lowest BCUT2D eigenvalue weighted by Gasteiger charge is -2.00. The van der Waals surface area contributed by atoms with Gasteiger partial charge in [-0.2, -0.15) is 0 Å². The molecule has 0 unspecified atom stereocenters. The molecular weight excluding hydrogens is 274 g/mol. The molecule has 0 atom stereocenters. The molecule has 2 heterocycles. The highest BCUT2D eigenvalue weighted by atomic mass is 32.1. The van der Waals surface area contributed by atoms with Crippen LogP contribution in [0.15, 0.2) is 36.7 Å². The molecule has 0 radical (unpaired) electrons. The number of carbonyl (C=O) groups excluding carboxylic acids is 2. The summed E-state index contributed by atoms with van der Waals surface area (Å²) in [6.07, 6.45) is 4.99. The highest BCUT2D eigenvalue weighted by Gasteiger charge is 2.08. The third kappa shape index (κ3) is 2.21. The maximum Gasteiger partial charge on any atom is 0.248 e. The Kier molecular flexibility index (Phi) is 3.08. The Morgan fingerprint density at radius 3 is 2.75 bits per heavy atom. The summed E-state index contributed by atoms with van der Waals surface area (Å²) < 4.78 is 1.78. The third-order valence-corrected chi connectivity index (χ3v) is 4.02. The Labute approximate surface area is 118 Å². The van der Waals surface area contributed by atoms with Crippen LogP contribution in [0.5, 0.6) is 0 Å². The summed E-state index contributed by atoms with van der Waals surface area (Å²) in [4.78, 5) is 27.9. The topological polar surface area (TPSA) is 77.5 Å². The lowest BCUT2D eigenvalue weighted by Crippen LogP contribution is -2.10. The molecular formula is C14H11N3O2S. The van der Waals surface area contributed by atoms with E-state index in [-0.39, 0.29) is 0 Å². The number of nitrogens with zero attached hydrogens (tertiary/aromatic N) is 2. The van der Waals surface area contributed by atoms with Crippen molar-refractivity contribution < 1.29 is 9.59 Å². The standard InChI is InChI=1S/C14H11N3O2S/c15-13(19)10-3-1-9(2-4-10)5-12-7-17-11(8-18)6-16-14(17)20-12/h1-4,6-8H,5H2,(H2,15,19). The molecule has 20 heavy (non-hydrogen) atoms. The van der Waals surface area contributed by atoms with Gasteiger partial charge in [0.1, 0.15) is 5.69 Å². The van der Waals surface area contributed by atoms with Crippen LogP contribution < -0.4 is 5.73 Å². The molecule has 6 heteroatoms. The number of imidazole rings is 1. The highest BCUT2D eigenvalue weighted by molar-refractivity contribution is 7.17. The Morgan fingerprint density at radius 1 is 1.35 bits per heavy atom. The summed E-state index contributed by atoms with van der Waals surface area (Å²) in [7, 11) is 0. The van der Waals surface area contributed by atoms with Gasteiger partial charge in [-0.05, 0) is 17.7 Å². The summed E-state index contributed by atoms with van der Waals surface area (Å²) >= 11 is 1.54. The van der Waals surface area contributed by atoms with Crippen LogP contribution in [0.3, 0.4) is 0 Å². The van der Waals surface area contributed by atoms with Crippen molar-refractivity contribution in [3.05, 3.63) is 58.4 Å². The van der Waals surface area contributed by atoms with Gasteiger partial charge in [-0.25, -0.2) is 4.98 Å². The lowest BCUT2D eigenvalue weighted by atomic mass is 10.1. The van der Waals surface area contributed by atoms with E-state index in [4.69, 9.17) is 5.73 Å². The van der Waals surface area contributed by atoms with Gasteiger partial charge in [-0.1, -0.05) is 12.1 Å². The number of hydrogen-bond donors (Lipinski definition) is 1. The fourth-order valence-corrected chi connectivity index (χ4v) is 3.00. The lowest BCUT2D eigenvalue weighted by molar-refractivity contribution is 0.1000. The van der Waals surface area contributed by atoms with Crippen LogP contribution in [-0.4, -0.2) is 21.6 Å². The summed E-state index contributed by atoms with van der Waals surface area (Å²) in [5, 5.41) is 0. The van der Waals surface area contributed by atoms with Gasteiger partial charge in [0.25, 0.3) is 0 Å². The smallest absolute Gasteiger partial charge is 0.248 e. The number of carbonyl (C=O) groups is 2. The van der Waals surface area contributed by atoms with Crippen LogP contribution in [0, 0.1) is 0 Å². The van der Waals surface area contributed by atoms with Gasteiger partial charge < -0.3 is 5.73 Å². The zero-order chi connectivity index (χ0) is 14.1. The second-order valence-electron chi connectivity index (χ2n) is 4.39. The molecule has 1 aromatic carbocycles. The summed E-state index contributed by atoms with van der Waals surface area (Å²) in [6.45, 7) is 0. The summed E-state index contributed by atoms with van der Waals surface area (Å²) in [5.41, 5.74) is 7.33. The van der Waals surface area contributed by atoms with Crippen molar-refractivity contribution in [3.8, 4) is 0 Å². The molecule has 0 bridgehead atoms. The molecule has 0 aliphatic heterocycles. The van der Waals surface area contributed by atoms with Crippen molar-refractivity contribution in [1.82, 2.24) is 9.38 Å². The Morgan fingerprint density at radius 2 is 2.10 bits per heavy atom. The van der Waals surface area contributed by atoms with Gasteiger partial charge in [0.05, 0.1) is 6.20 Å². The number of aldehydes is 1. The number of hydrogen-bond acceptors (Lipinski definition) is 4. The van der Waals surface area contributed by atoms with Crippen LogP contribution >= 0.6 is 11.3 Å². The van der Waals surface area contributed by atoms with Crippen molar-refractivity contribution in [1.29, 1.82) is 0 Å². The summed E-state index contributed by atoms with van der Waals surface area (Å²) in [6, 6.07) is 7.19. The zero-order valence-electron chi connectivity index (χ0n) is 10.4. The predicted molar refractivity (Wildman–Crippen MR) is 76.2 cm³/mol. The molecule has 100 valence electrons. The minimum atomic E-state index is -0.429. The van der Waals surface area contributed by atoms with E-state index in [0.29, 0.717) is 11.3 Å². The molecule has 0 saturated heterocycles. The maximum absolute atomic E-state index is 11.0. The largest absolute Gasteiger partial charge is 0.366 e. The van der Waals surface area contributed by atoms with Crippen molar-refractivity contribution >= 4 is 28.5 Å². The molecule has 0 spiro atoms. The molecule has 3 aromatic rings. The first kappa shape index (κ1) is 12.6. The SMILES string of the molecule is NC(=O)c1ccc(Cc2cn3c(C=O)cnc3s2)cc1. The predicted octanol–water partition coefficient (Wildman–Crippen LogP) is 1.90. The van der Waals surface area contributed by atoms with E-state index in [2.05, 4.69) is 4.98 Å². The van der Waals surface area contributed by atoms with Gasteiger partial charge in [0, 0.05) is 23.1 Å². The van der Waals surface area contributed by atoms with Gasteiger partial charge in [-0.3, -0.25) is 14.0 Å². The molecule has 5 nitrogen and oxygen atoms in total. The van der Waals surface area contributed by atoms with Crippen LogP contribution in [0.4, 0.5) is 0 Å². The number of aromatic nitrogens is 2. The van der Waals surface area contributed by atoms with E-state index in [1.54, 1.807) is 34.1 Å². The molecule has 0 fully saturated rings. The van der Waals surface area contributed by atoms with Gasteiger partial charge in [-0.15, -0.1) is 11.3 Å². The number of rotatable bonds is 4. The molecule has 1 amide bonds. The Bertz CT molecular complexity index is 786. The average molecular weight is 285 g/mol. The second kappa shape index (κ2) is 4.90. The number of primary amides is 1. The molecule has 0 aliphatic carbocycles. The monoisotopic (exact) mass is 285 g/mol. The normalized spacial score (nSPS) is 10.8.